The molecule has 0 N–H and O–H groups in total. The summed E-state index contributed by atoms with van der Waals surface area (Å²) in [7, 11) is 0. The van der Waals surface area contributed by atoms with Crippen LogP contribution in [0.15, 0.2) is 225 Å². The average molecular weight is 808 g/mol. The SMILES string of the molecule is C=C/C=C(\C=C/C)c1ccc(-c2nc(-c3ccc(-c4ccccc4)cc3)nc(-c3cccc(-c4ccc5c(c4)C4(c6ccccc6O5)c5ccccc5-c5ccccc54)c3)n2)cc1. The van der Waals surface area contributed by atoms with E-state index in [1.54, 1.807) is 0 Å². The number of hydrogen-bond donors (Lipinski definition) is 0. The van der Waals surface area contributed by atoms with E-state index in [1.165, 1.54) is 22.3 Å². The molecule has 8 aromatic carbocycles. The fourth-order valence-corrected chi connectivity index (χ4v) is 9.45. The topological polar surface area (TPSA) is 47.9 Å². The molecule has 11 rings (SSSR count). The predicted molar refractivity (Wildman–Crippen MR) is 257 cm³/mol. The van der Waals surface area contributed by atoms with Gasteiger partial charge in [0, 0.05) is 27.8 Å². The van der Waals surface area contributed by atoms with E-state index in [-0.39, 0.29) is 0 Å². The summed E-state index contributed by atoms with van der Waals surface area (Å²) >= 11 is 0. The van der Waals surface area contributed by atoms with E-state index in [9.17, 15) is 0 Å². The van der Waals surface area contributed by atoms with Crippen molar-refractivity contribution in [3.8, 4) is 79.0 Å². The maximum atomic E-state index is 6.73. The highest BCUT2D eigenvalue weighted by atomic mass is 16.5. The van der Waals surface area contributed by atoms with Crippen molar-refractivity contribution in [3.05, 3.63) is 253 Å². The number of hydrogen-bond acceptors (Lipinski definition) is 4. The zero-order valence-electron chi connectivity index (χ0n) is 34.7. The van der Waals surface area contributed by atoms with E-state index in [2.05, 4.69) is 201 Å². The molecule has 298 valence electrons. The van der Waals surface area contributed by atoms with E-state index in [1.807, 2.05) is 31.2 Å². The van der Waals surface area contributed by atoms with Crippen LogP contribution in [0.2, 0.25) is 0 Å². The minimum absolute atomic E-state index is 0.552. The van der Waals surface area contributed by atoms with Crippen molar-refractivity contribution in [1.82, 2.24) is 15.0 Å². The minimum atomic E-state index is -0.552. The Balaban J connectivity index is 1.04. The van der Waals surface area contributed by atoms with Gasteiger partial charge in [0.1, 0.15) is 11.5 Å². The van der Waals surface area contributed by atoms with Crippen LogP contribution in [0.3, 0.4) is 0 Å². The van der Waals surface area contributed by atoms with Gasteiger partial charge in [0.15, 0.2) is 17.5 Å². The largest absolute Gasteiger partial charge is 0.457 e. The summed E-state index contributed by atoms with van der Waals surface area (Å²) in [5.41, 5.74) is 16.0. The van der Waals surface area contributed by atoms with Gasteiger partial charge in [-0.3, -0.25) is 0 Å². The Bertz CT molecular complexity index is 3230. The zero-order chi connectivity index (χ0) is 42.3. The zero-order valence-corrected chi connectivity index (χ0v) is 34.7. The van der Waals surface area contributed by atoms with E-state index in [4.69, 9.17) is 19.7 Å². The monoisotopic (exact) mass is 807 g/mol. The highest BCUT2D eigenvalue weighted by Gasteiger charge is 2.51. The van der Waals surface area contributed by atoms with Gasteiger partial charge >= 0.3 is 0 Å². The second-order valence-corrected chi connectivity index (χ2v) is 15.9. The fraction of sp³-hybridized carbons (Fsp3) is 0.0339. The number of fused-ring (bicyclic) bond motifs is 9. The molecule has 0 atom stereocenters. The van der Waals surface area contributed by atoms with Gasteiger partial charge in [0.25, 0.3) is 0 Å². The van der Waals surface area contributed by atoms with Crippen LogP contribution in [-0.4, -0.2) is 15.0 Å². The highest BCUT2D eigenvalue weighted by Crippen LogP contribution is 2.62. The van der Waals surface area contributed by atoms with Crippen molar-refractivity contribution in [1.29, 1.82) is 0 Å². The number of benzene rings is 8. The van der Waals surface area contributed by atoms with E-state index >= 15 is 0 Å². The van der Waals surface area contributed by atoms with Gasteiger partial charge in [-0.15, -0.1) is 0 Å². The predicted octanol–water partition coefficient (Wildman–Crippen LogP) is 14.8. The molecule has 0 radical (unpaired) electrons. The second kappa shape index (κ2) is 15.7. The Labute approximate surface area is 367 Å². The lowest BCUT2D eigenvalue weighted by atomic mass is 9.66. The molecule has 0 fully saturated rings. The van der Waals surface area contributed by atoms with Crippen LogP contribution in [0, 0.1) is 0 Å². The molecule has 0 unspecified atom stereocenters. The van der Waals surface area contributed by atoms with Crippen molar-refractivity contribution in [2.24, 2.45) is 0 Å². The summed E-state index contributed by atoms with van der Waals surface area (Å²) in [6, 6.07) is 68.5. The van der Waals surface area contributed by atoms with Crippen LogP contribution in [-0.2, 0) is 5.41 Å². The molecule has 0 saturated carbocycles. The smallest absolute Gasteiger partial charge is 0.164 e. The molecule has 2 aliphatic rings. The van der Waals surface area contributed by atoms with Gasteiger partial charge in [0.05, 0.1) is 5.41 Å². The van der Waals surface area contributed by atoms with Crippen molar-refractivity contribution < 1.29 is 4.74 Å². The van der Waals surface area contributed by atoms with E-state index in [0.29, 0.717) is 17.5 Å². The lowest BCUT2D eigenvalue weighted by molar-refractivity contribution is 0.436. The first-order valence-electron chi connectivity index (χ1n) is 21.3. The van der Waals surface area contributed by atoms with Crippen LogP contribution >= 0.6 is 0 Å². The Morgan fingerprint density at radius 3 is 1.60 bits per heavy atom. The first kappa shape index (κ1) is 37.8. The lowest BCUT2D eigenvalue weighted by Gasteiger charge is -2.39. The first-order chi connectivity index (χ1) is 31.1. The summed E-state index contributed by atoms with van der Waals surface area (Å²) in [5.74, 6) is 3.54. The van der Waals surface area contributed by atoms with Crippen molar-refractivity contribution in [3.63, 3.8) is 0 Å². The Kier molecular flexibility index (Phi) is 9.40. The average Bonchev–Trinajstić information content (AvgIpc) is 3.64. The fourth-order valence-electron chi connectivity index (χ4n) is 9.45. The van der Waals surface area contributed by atoms with Crippen LogP contribution in [0.25, 0.3) is 73.1 Å². The number of aromatic nitrogens is 3. The molecule has 2 heterocycles. The van der Waals surface area contributed by atoms with Gasteiger partial charge in [-0.05, 0) is 86.8 Å². The molecule has 1 aliphatic carbocycles. The summed E-state index contributed by atoms with van der Waals surface area (Å²) in [4.78, 5) is 15.4. The van der Waals surface area contributed by atoms with Crippen LogP contribution in [0.4, 0.5) is 0 Å². The number of rotatable bonds is 8. The molecule has 0 amide bonds. The van der Waals surface area contributed by atoms with Crippen LogP contribution in [0.5, 0.6) is 11.5 Å². The Morgan fingerprint density at radius 1 is 0.444 bits per heavy atom. The molecule has 4 heteroatoms. The van der Waals surface area contributed by atoms with Crippen LogP contribution < -0.4 is 4.74 Å². The molecule has 0 saturated heterocycles. The third kappa shape index (κ3) is 6.43. The highest BCUT2D eigenvalue weighted by molar-refractivity contribution is 5.89. The number of para-hydroxylation sites is 1. The molecular formula is C59H41N3O. The van der Waals surface area contributed by atoms with Gasteiger partial charge in [-0.2, -0.15) is 0 Å². The molecule has 1 aliphatic heterocycles. The second-order valence-electron chi connectivity index (χ2n) is 15.9. The summed E-state index contributed by atoms with van der Waals surface area (Å²) < 4.78 is 6.73. The van der Waals surface area contributed by atoms with Gasteiger partial charge in [-0.25, -0.2) is 15.0 Å². The third-order valence-electron chi connectivity index (χ3n) is 12.3. The number of allylic oxidation sites excluding steroid dienone is 5. The molecule has 1 spiro atoms. The molecule has 63 heavy (non-hydrogen) atoms. The molecular weight excluding hydrogens is 767 g/mol. The standard InChI is InChI=1S/C59H41N3O/c1-3-15-39(16-4-2)41-27-31-43(32-28-41)56-60-57(44-33-29-42(30-34-44)40-17-6-5-7-18-40)62-58(61-56)47-20-14-19-45(37-47)46-35-36-55-53(38-46)59(52-25-12-13-26-54(52)63-55)50-23-10-8-21-48(50)49-22-9-11-24-51(49)59/h3-38H,1H2,2H3/b16-4-,39-15+. The minimum Gasteiger partial charge on any atom is -0.457 e. The van der Waals surface area contributed by atoms with E-state index in [0.717, 1.165) is 72.7 Å². The van der Waals surface area contributed by atoms with Gasteiger partial charge in [0.2, 0.25) is 0 Å². The van der Waals surface area contributed by atoms with Gasteiger partial charge < -0.3 is 4.74 Å². The third-order valence-corrected chi connectivity index (χ3v) is 12.3. The quantitative estimate of drug-likeness (QED) is 0.144. The van der Waals surface area contributed by atoms with Gasteiger partial charge in [-0.1, -0.05) is 201 Å². The molecule has 9 aromatic rings. The van der Waals surface area contributed by atoms with Crippen molar-refractivity contribution in [2.45, 2.75) is 12.3 Å². The Hall–Kier alpha value is -8.21. The first-order valence-corrected chi connectivity index (χ1v) is 21.3. The Morgan fingerprint density at radius 2 is 0.937 bits per heavy atom. The normalized spacial score (nSPS) is 13.2. The summed E-state index contributed by atoms with van der Waals surface area (Å²) in [6.07, 6.45) is 7.95. The summed E-state index contributed by atoms with van der Waals surface area (Å²) in [6.45, 7) is 5.93. The maximum absolute atomic E-state index is 6.73. The molecule has 4 nitrogen and oxygen atoms in total. The molecule has 1 aromatic heterocycles. The van der Waals surface area contributed by atoms with Crippen molar-refractivity contribution in [2.75, 3.05) is 0 Å². The summed E-state index contributed by atoms with van der Waals surface area (Å²) in [5, 5.41) is 0. The number of nitrogens with zero attached hydrogens (tertiary/aromatic N) is 3. The van der Waals surface area contributed by atoms with Crippen molar-refractivity contribution >= 4 is 5.57 Å². The molecule has 0 bridgehead atoms. The van der Waals surface area contributed by atoms with Crippen LogP contribution in [0.1, 0.15) is 34.7 Å². The van der Waals surface area contributed by atoms with E-state index < -0.39 is 5.41 Å². The lowest BCUT2D eigenvalue weighted by Crippen LogP contribution is -2.32. The number of ether oxygens (including phenoxy) is 1. The maximum Gasteiger partial charge on any atom is 0.164 e.